The summed E-state index contributed by atoms with van der Waals surface area (Å²) >= 11 is 1.87. The van der Waals surface area contributed by atoms with Crippen molar-refractivity contribution in [1.82, 2.24) is 9.88 Å². The van der Waals surface area contributed by atoms with Gasteiger partial charge in [0.2, 0.25) is 0 Å². The molecule has 0 aliphatic carbocycles. The van der Waals surface area contributed by atoms with Crippen LogP contribution in [0.3, 0.4) is 0 Å². The van der Waals surface area contributed by atoms with E-state index in [1.807, 2.05) is 17.4 Å². The van der Waals surface area contributed by atoms with Gasteiger partial charge in [0.05, 0.1) is 11.6 Å². The molecule has 6 aromatic rings. The van der Waals surface area contributed by atoms with Crippen LogP contribution in [-0.2, 0) is 0 Å². The summed E-state index contributed by atoms with van der Waals surface area (Å²) in [6, 6.07) is 34.3. The Bertz CT molecular complexity index is 1820. The molecule has 1 atom stereocenters. The molecule has 3 nitrogen and oxygen atoms in total. The van der Waals surface area contributed by atoms with E-state index in [9.17, 15) is 0 Å². The van der Waals surface area contributed by atoms with E-state index in [0.29, 0.717) is 0 Å². The summed E-state index contributed by atoms with van der Waals surface area (Å²) in [5.41, 5.74) is 6.04. The van der Waals surface area contributed by atoms with Crippen LogP contribution in [0.25, 0.3) is 36.9 Å². The second-order valence-electron chi connectivity index (χ2n) is 9.39. The zero-order chi connectivity index (χ0) is 24.2. The van der Waals surface area contributed by atoms with Crippen LogP contribution in [0.15, 0.2) is 108 Å². The number of aromatic nitrogens is 1. The van der Waals surface area contributed by atoms with Crippen LogP contribution in [0.5, 0.6) is 0 Å². The predicted octanol–water partition coefficient (Wildman–Crippen LogP) is 8.22. The number of nitrogens with one attached hydrogen (secondary N) is 1. The molecule has 4 heteroatoms. The van der Waals surface area contributed by atoms with Gasteiger partial charge in [-0.1, -0.05) is 78.9 Å². The minimum atomic E-state index is -0.0690. The number of rotatable bonds is 3. The van der Waals surface area contributed by atoms with Crippen molar-refractivity contribution in [1.29, 1.82) is 0 Å². The number of thiophene rings is 1. The third-order valence-electron chi connectivity index (χ3n) is 7.28. The van der Waals surface area contributed by atoms with Gasteiger partial charge in [0.25, 0.3) is 0 Å². The number of aliphatic imine (C=N–C) groups is 1. The van der Waals surface area contributed by atoms with E-state index < -0.39 is 0 Å². The number of aryl methyl sites for hydroxylation is 1. The SMILES string of the molecule is Cc1c(C)n(C2=CC(c3ccccc3)N=C(c3ccccc3)N2)c2cc3c(cc12)sc1ccccc13. The molecule has 0 radical (unpaired) electrons. The Kier molecular flexibility index (Phi) is 4.83. The van der Waals surface area contributed by atoms with E-state index in [2.05, 4.69) is 121 Å². The van der Waals surface area contributed by atoms with Gasteiger partial charge in [0.1, 0.15) is 11.7 Å². The number of hydrogen-bond donors (Lipinski definition) is 1. The second-order valence-corrected chi connectivity index (χ2v) is 10.5. The minimum absolute atomic E-state index is 0.0690. The highest BCUT2D eigenvalue weighted by Gasteiger charge is 2.23. The quantitative estimate of drug-likeness (QED) is 0.270. The average molecular weight is 484 g/mol. The second kappa shape index (κ2) is 8.21. The Morgan fingerprint density at radius 1 is 0.750 bits per heavy atom. The van der Waals surface area contributed by atoms with Crippen LogP contribution in [0.4, 0.5) is 0 Å². The fourth-order valence-electron chi connectivity index (χ4n) is 5.31. The van der Waals surface area contributed by atoms with Crippen molar-refractivity contribution in [3.05, 3.63) is 126 Å². The summed E-state index contributed by atoms with van der Waals surface area (Å²) in [5.74, 6) is 1.94. The first kappa shape index (κ1) is 21.2. The molecule has 1 N–H and O–H groups in total. The average Bonchev–Trinajstić information content (AvgIpc) is 3.42. The van der Waals surface area contributed by atoms with E-state index in [0.717, 1.165) is 17.2 Å². The van der Waals surface area contributed by atoms with Crippen molar-refractivity contribution in [3.8, 4) is 0 Å². The lowest BCUT2D eigenvalue weighted by Crippen LogP contribution is -2.30. The molecule has 0 saturated carbocycles. The summed E-state index contributed by atoms with van der Waals surface area (Å²) in [6.45, 7) is 4.45. The van der Waals surface area contributed by atoms with Gasteiger partial charge in [-0.05, 0) is 49.2 Å². The maximum Gasteiger partial charge on any atom is 0.134 e. The smallest absolute Gasteiger partial charge is 0.134 e. The number of benzene rings is 4. The molecule has 4 aromatic carbocycles. The van der Waals surface area contributed by atoms with Gasteiger partial charge < -0.3 is 5.32 Å². The maximum atomic E-state index is 5.11. The van der Waals surface area contributed by atoms with Gasteiger partial charge in [0, 0.05) is 36.8 Å². The van der Waals surface area contributed by atoms with Crippen molar-refractivity contribution in [2.24, 2.45) is 4.99 Å². The van der Waals surface area contributed by atoms with Crippen LogP contribution in [0, 0.1) is 13.8 Å². The van der Waals surface area contributed by atoms with E-state index in [1.165, 1.54) is 47.9 Å². The summed E-state index contributed by atoms with van der Waals surface area (Å²) in [4.78, 5) is 5.11. The van der Waals surface area contributed by atoms with Crippen molar-refractivity contribution >= 4 is 54.1 Å². The fourth-order valence-corrected chi connectivity index (χ4v) is 6.44. The lowest BCUT2D eigenvalue weighted by Gasteiger charge is -2.25. The van der Waals surface area contributed by atoms with Crippen molar-refractivity contribution in [3.63, 3.8) is 0 Å². The molecule has 36 heavy (non-hydrogen) atoms. The maximum absolute atomic E-state index is 5.11. The molecule has 7 rings (SSSR count). The molecule has 0 spiro atoms. The first-order chi connectivity index (χ1) is 17.7. The molecule has 2 aromatic heterocycles. The van der Waals surface area contributed by atoms with Gasteiger partial charge in [-0.2, -0.15) is 0 Å². The van der Waals surface area contributed by atoms with E-state index >= 15 is 0 Å². The number of hydrogen-bond acceptors (Lipinski definition) is 3. The molecular weight excluding hydrogens is 458 g/mol. The first-order valence-electron chi connectivity index (χ1n) is 12.3. The molecule has 1 aliphatic heterocycles. The van der Waals surface area contributed by atoms with Crippen molar-refractivity contribution in [2.45, 2.75) is 19.9 Å². The third kappa shape index (κ3) is 3.29. The van der Waals surface area contributed by atoms with Crippen LogP contribution in [-0.4, -0.2) is 10.4 Å². The monoisotopic (exact) mass is 483 g/mol. The summed E-state index contributed by atoms with van der Waals surface area (Å²) in [5, 5.41) is 7.62. The Morgan fingerprint density at radius 2 is 1.47 bits per heavy atom. The Hall–Kier alpha value is -4.15. The Morgan fingerprint density at radius 3 is 2.28 bits per heavy atom. The van der Waals surface area contributed by atoms with Crippen LogP contribution in [0.2, 0.25) is 0 Å². The van der Waals surface area contributed by atoms with Gasteiger partial charge in [-0.25, -0.2) is 0 Å². The fraction of sp³-hybridized carbons (Fsp3) is 0.0938. The molecule has 1 unspecified atom stereocenters. The highest BCUT2D eigenvalue weighted by Crippen LogP contribution is 2.39. The Balaban J connectivity index is 1.46. The molecule has 1 aliphatic rings. The largest absolute Gasteiger partial charge is 0.326 e. The molecule has 3 heterocycles. The molecule has 0 fully saturated rings. The zero-order valence-corrected chi connectivity index (χ0v) is 21.0. The summed E-state index contributed by atoms with van der Waals surface area (Å²) < 4.78 is 5.05. The van der Waals surface area contributed by atoms with Gasteiger partial charge in [-0.3, -0.25) is 9.56 Å². The van der Waals surface area contributed by atoms with Crippen molar-refractivity contribution < 1.29 is 0 Å². The van der Waals surface area contributed by atoms with Gasteiger partial charge in [0.15, 0.2) is 0 Å². The van der Waals surface area contributed by atoms with E-state index in [-0.39, 0.29) is 6.04 Å². The van der Waals surface area contributed by atoms with Crippen LogP contribution >= 0.6 is 11.3 Å². The molecule has 174 valence electrons. The van der Waals surface area contributed by atoms with Crippen LogP contribution in [0.1, 0.15) is 28.4 Å². The molecule has 0 saturated heterocycles. The lowest BCUT2D eigenvalue weighted by atomic mass is 10.0. The van der Waals surface area contributed by atoms with Crippen LogP contribution < -0.4 is 5.32 Å². The number of nitrogens with zero attached hydrogens (tertiary/aromatic N) is 2. The molecule has 0 bridgehead atoms. The lowest BCUT2D eigenvalue weighted by molar-refractivity contribution is 0.849. The van der Waals surface area contributed by atoms with E-state index in [1.54, 1.807) is 0 Å². The third-order valence-corrected chi connectivity index (χ3v) is 8.41. The minimum Gasteiger partial charge on any atom is -0.326 e. The van der Waals surface area contributed by atoms with Gasteiger partial charge >= 0.3 is 0 Å². The number of fused-ring (bicyclic) bond motifs is 4. The number of amidine groups is 1. The van der Waals surface area contributed by atoms with E-state index in [4.69, 9.17) is 4.99 Å². The van der Waals surface area contributed by atoms with Gasteiger partial charge in [-0.15, -0.1) is 11.3 Å². The molecular formula is C32H25N3S. The normalized spacial score (nSPS) is 15.8. The Labute approximate surface area is 214 Å². The highest BCUT2D eigenvalue weighted by molar-refractivity contribution is 7.25. The summed E-state index contributed by atoms with van der Waals surface area (Å²) in [6.07, 6.45) is 2.25. The first-order valence-corrected chi connectivity index (χ1v) is 13.1. The predicted molar refractivity (Wildman–Crippen MR) is 154 cm³/mol. The zero-order valence-electron chi connectivity index (χ0n) is 20.2. The van der Waals surface area contributed by atoms with Crippen molar-refractivity contribution in [2.75, 3.05) is 0 Å². The molecule has 0 amide bonds. The summed E-state index contributed by atoms with van der Waals surface area (Å²) in [7, 11) is 0. The standard InChI is InChI=1S/C32H25N3S/c1-20-21(2)35(28-17-26-24-15-9-10-16-29(24)36-30(26)18-25(20)28)31-19-27(22-11-5-3-6-12-22)33-32(34-31)23-13-7-4-8-14-23/h3-19,27H,1-2H3,(H,33,34). The topological polar surface area (TPSA) is 29.3 Å². The highest BCUT2D eigenvalue weighted by atomic mass is 32.1.